The molecule has 0 nitrogen and oxygen atoms in total. The number of unbranched alkanes of at least 4 members (excludes halogenated alkanes) is 3. The Morgan fingerprint density at radius 2 is 2.00 bits per heavy atom. The second-order valence-corrected chi connectivity index (χ2v) is 2.21. The summed E-state index contributed by atoms with van der Waals surface area (Å²) in [5.74, 6) is 0. The van der Waals surface area contributed by atoms with Gasteiger partial charge in [-0.25, -0.2) is 0 Å². The van der Waals surface area contributed by atoms with Gasteiger partial charge in [0.25, 0.3) is 0 Å². The summed E-state index contributed by atoms with van der Waals surface area (Å²) in [7, 11) is 0. The molecule has 0 aromatic rings. The van der Waals surface area contributed by atoms with E-state index in [0.29, 0.717) is 0 Å². The van der Waals surface area contributed by atoms with E-state index in [9.17, 15) is 0 Å². The highest BCUT2D eigenvalue weighted by molar-refractivity contribution is 4.93. The van der Waals surface area contributed by atoms with Crippen molar-refractivity contribution in [2.75, 3.05) is 0 Å². The first-order valence-electron chi connectivity index (χ1n) is 3.90. The van der Waals surface area contributed by atoms with Crippen LogP contribution in [0.25, 0.3) is 0 Å². The Morgan fingerprint density at radius 1 is 1.22 bits per heavy atom. The molecule has 0 fully saturated rings. The summed E-state index contributed by atoms with van der Waals surface area (Å²) in [5, 5.41) is 0. The molecule has 0 heterocycles. The Bertz CT molecular complexity index is 62.4. The van der Waals surface area contributed by atoms with Crippen molar-refractivity contribution in [2.24, 2.45) is 0 Å². The van der Waals surface area contributed by atoms with Crippen molar-refractivity contribution < 1.29 is 0 Å². The van der Waals surface area contributed by atoms with Gasteiger partial charge in [0.2, 0.25) is 0 Å². The maximum atomic E-state index is 2.24. The summed E-state index contributed by atoms with van der Waals surface area (Å²) >= 11 is 0. The SMILES string of the molecule is CC[CH]/C=C/CCCC. The molecule has 0 saturated heterocycles. The lowest BCUT2D eigenvalue weighted by atomic mass is 10.2. The molecule has 0 amide bonds. The summed E-state index contributed by atoms with van der Waals surface area (Å²) in [6.07, 6.45) is 11.6. The minimum absolute atomic E-state index is 1.16. The van der Waals surface area contributed by atoms with Crippen LogP contribution in [0.4, 0.5) is 0 Å². The lowest BCUT2D eigenvalue weighted by Gasteiger charge is -1.86. The minimum Gasteiger partial charge on any atom is -0.0882 e. The molecular formula is C9H17. The molecule has 0 heteroatoms. The first-order chi connectivity index (χ1) is 4.41. The van der Waals surface area contributed by atoms with E-state index in [2.05, 4.69) is 32.4 Å². The van der Waals surface area contributed by atoms with Gasteiger partial charge in [-0.15, -0.1) is 0 Å². The van der Waals surface area contributed by atoms with Gasteiger partial charge in [-0.05, 0) is 19.3 Å². The van der Waals surface area contributed by atoms with Gasteiger partial charge in [0.05, 0.1) is 0 Å². The van der Waals surface area contributed by atoms with Gasteiger partial charge in [0, 0.05) is 0 Å². The van der Waals surface area contributed by atoms with Crippen LogP contribution in [0, 0.1) is 6.42 Å². The first kappa shape index (κ1) is 8.74. The number of hydrogen-bond donors (Lipinski definition) is 0. The van der Waals surface area contributed by atoms with E-state index in [1.165, 1.54) is 19.3 Å². The highest BCUT2D eigenvalue weighted by Gasteiger charge is 1.76. The quantitative estimate of drug-likeness (QED) is 0.494. The average molecular weight is 125 g/mol. The van der Waals surface area contributed by atoms with Crippen molar-refractivity contribution in [1.29, 1.82) is 0 Å². The number of allylic oxidation sites excluding steroid dienone is 2. The predicted octanol–water partition coefficient (Wildman–Crippen LogP) is 3.35. The van der Waals surface area contributed by atoms with E-state index in [-0.39, 0.29) is 0 Å². The molecule has 0 bridgehead atoms. The monoisotopic (exact) mass is 125 g/mol. The number of rotatable bonds is 5. The van der Waals surface area contributed by atoms with Gasteiger partial charge in [-0.1, -0.05) is 38.8 Å². The molecule has 0 N–H and O–H groups in total. The van der Waals surface area contributed by atoms with Crippen LogP contribution in [0.1, 0.15) is 39.5 Å². The molecule has 0 atom stereocenters. The van der Waals surface area contributed by atoms with Crippen LogP contribution in [0.3, 0.4) is 0 Å². The van der Waals surface area contributed by atoms with Crippen molar-refractivity contribution in [3.8, 4) is 0 Å². The number of hydrogen-bond acceptors (Lipinski definition) is 0. The molecule has 1 radical (unpaired) electrons. The zero-order valence-corrected chi connectivity index (χ0v) is 6.56. The average Bonchev–Trinajstić information content (AvgIpc) is 1.89. The van der Waals surface area contributed by atoms with E-state index in [4.69, 9.17) is 0 Å². The van der Waals surface area contributed by atoms with Gasteiger partial charge >= 0.3 is 0 Å². The second-order valence-electron chi connectivity index (χ2n) is 2.21. The fraction of sp³-hybridized carbons (Fsp3) is 0.667. The molecule has 0 aromatic heterocycles. The summed E-state index contributed by atoms with van der Waals surface area (Å²) in [6.45, 7) is 4.38. The maximum Gasteiger partial charge on any atom is -0.0173 e. The largest absolute Gasteiger partial charge is 0.0882 e. The van der Waals surface area contributed by atoms with Gasteiger partial charge in [-0.2, -0.15) is 0 Å². The zero-order chi connectivity index (χ0) is 6.95. The van der Waals surface area contributed by atoms with E-state index < -0.39 is 0 Å². The minimum atomic E-state index is 1.16. The zero-order valence-electron chi connectivity index (χ0n) is 6.56. The standard InChI is InChI=1S/C9H17/c1-3-5-7-9-8-6-4-2/h5,7,9H,3-4,6,8H2,1-2H3/b9-7+. The van der Waals surface area contributed by atoms with Crippen LogP contribution >= 0.6 is 0 Å². The molecular weight excluding hydrogens is 108 g/mol. The maximum absolute atomic E-state index is 2.24. The molecule has 0 aliphatic carbocycles. The molecule has 0 aliphatic rings. The Kier molecular flexibility index (Phi) is 7.52. The predicted molar refractivity (Wildman–Crippen MR) is 43.3 cm³/mol. The lowest BCUT2D eigenvalue weighted by molar-refractivity contribution is 0.814. The van der Waals surface area contributed by atoms with Gasteiger partial charge in [0.15, 0.2) is 0 Å². The fourth-order valence-electron chi connectivity index (χ4n) is 0.651. The highest BCUT2D eigenvalue weighted by Crippen LogP contribution is 1.96. The second kappa shape index (κ2) is 7.74. The van der Waals surface area contributed by atoms with Crippen LogP contribution in [-0.2, 0) is 0 Å². The molecule has 0 aromatic carbocycles. The molecule has 0 saturated carbocycles. The summed E-state index contributed by atoms with van der Waals surface area (Å²) in [5.41, 5.74) is 0. The molecule has 9 heavy (non-hydrogen) atoms. The molecule has 0 spiro atoms. The Labute approximate surface area is 59.0 Å². The third-order valence-corrected chi connectivity index (χ3v) is 1.23. The molecule has 0 rings (SSSR count). The van der Waals surface area contributed by atoms with Gasteiger partial charge < -0.3 is 0 Å². The Hall–Kier alpha value is -0.260. The van der Waals surface area contributed by atoms with E-state index in [1.807, 2.05) is 0 Å². The Morgan fingerprint density at radius 3 is 2.56 bits per heavy atom. The van der Waals surface area contributed by atoms with Crippen LogP contribution < -0.4 is 0 Å². The Balaban J connectivity index is 2.86. The molecule has 0 unspecified atom stereocenters. The molecule has 53 valence electrons. The van der Waals surface area contributed by atoms with E-state index in [0.717, 1.165) is 6.42 Å². The van der Waals surface area contributed by atoms with Crippen LogP contribution in [0.5, 0.6) is 0 Å². The van der Waals surface area contributed by atoms with E-state index in [1.54, 1.807) is 0 Å². The highest BCUT2D eigenvalue weighted by atomic mass is 13.8. The van der Waals surface area contributed by atoms with Crippen LogP contribution in [-0.4, -0.2) is 0 Å². The van der Waals surface area contributed by atoms with Gasteiger partial charge in [0.1, 0.15) is 0 Å². The van der Waals surface area contributed by atoms with Crippen LogP contribution in [0.15, 0.2) is 12.2 Å². The fourth-order valence-corrected chi connectivity index (χ4v) is 0.651. The molecule has 0 aliphatic heterocycles. The van der Waals surface area contributed by atoms with Crippen molar-refractivity contribution in [3.05, 3.63) is 18.6 Å². The van der Waals surface area contributed by atoms with Crippen molar-refractivity contribution >= 4 is 0 Å². The third-order valence-electron chi connectivity index (χ3n) is 1.23. The normalized spacial score (nSPS) is 10.9. The first-order valence-corrected chi connectivity index (χ1v) is 3.90. The lowest BCUT2D eigenvalue weighted by Crippen LogP contribution is -1.67. The summed E-state index contributed by atoms with van der Waals surface area (Å²) < 4.78 is 0. The third kappa shape index (κ3) is 7.74. The smallest absolute Gasteiger partial charge is 0.0173 e. The summed E-state index contributed by atoms with van der Waals surface area (Å²) in [6, 6.07) is 0. The van der Waals surface area contributed by atoms with Crippen LogP contribution in [0.2, 0.25) is 0 Å². The van der Waals surface area contributed by atoms with Crippen molar-refractivity contribution in [3.63, 3.8) is 0 Å². The van der Waals surface area contributed by atoms with E-state index >= 15 is 0 Å². The van der Waals surface area contributed by atoms with Gasteiger partial charge in [-0.3, -0.25) is 0 Å². The van der Waals surface area contributed by atoms with Crippen molar-refractivity contribution in [1.82, 2.24) is 0 Å². The van der Waals surface area contributed by atoms with Crippen molar-refractivity contribution in [2.45, 2.75) is 39.5 Å². The topological polar surface area (TPSA) is 0 Å². The summed E-state index contributed by atoms with van der Waals surface area (Å²) in [4.78, 5) is 0.